The van der Waals surface area contributed by atoms with Gasteiger partial charge in [-0.2, -0.15) is 0 Å². The topological polar surface area (TPSA) is 215 Å². The number of unbranched alkanes of at least 4 members (excludes halogenated alkanes) is 24. The fourth-order valence-electron chi connectivity index (χ4n) is 7.10. The fraction of sp³-hybridized carbons (Fsp3) is 0.929. The van der Waals surface area contributed by atoms with Crippen molar-refractivity contribution >= 4 is 16.3 Å². The number of aliphatic hydroxyl groups excluding tert-OH is 5. The third-order valence-electron chi connectivity index (χ3n) is 10.7. The number of carbonyl (C=O) groups is 1. The van der Waals surface area contributed by atoms with Crippen LogP contribution < -0.4 is 5.32 Å². The van der Waals surface area contributed by atoms with Crippen molar-refractivity contribution in [2.75, 3.05) is 13.2 Å². The minimum Gasteiger partial charge on any atom is -0.726 e. The molecule has 1 heterocycles. The van der Waals surface area contributed by atoms with Crippen LogP contribution in [0.3, 0.4) is 0 Å². The van der Waals surface area contributed by atoms with Gasteiger partial charge in [-0.15, -0.1) is 0 Å². The van der Waals surface area contributed by atoms with Crippen molar-refractivity contribution in [3.8, 4) is 0 Å². The molecular weight excluding hydrogens is 743 g/mol. The zero-order valence-corrected chi connectivity index (χ0v) is 35.6. The molecule has 6 N–H and O–H groups in total. The molecule has 0 radical (unpaired) electrons. The van der Waals surface area contributed by atoms with Crippen LogP contribution >= 0.6 is 0 Å². The molecule has 0 bridgehead atoms. The van der Waals surface area contributed by atoms with Gasteiger partial charge in [-0.05, 0) is 19.3 Å². The van der Waals surface area contributed by atoms with Crippen LogP contribution in [0.15, 0.2) is 12.2 Å². The number of nitrogens with one attached hydrogen (secondary N) is 1. The summed E-state index contributed by atoms with van der Waals surface area (Å²) in [5.74, 6) is -0.710. The molecule has 56 heavy (non-hydrogen) atoms. The lowest BCUT2D eigenvalue weighted by atomic mass is 9.99. The monoisotopic (exact) mass is 823 g/mol. The molecule has 0 aromatic rings. The SMILES string of the molecule is CCCCCCCCCCCCC/C=C/[C@@H](O)[C@H](CO[C@@H]1O[C@H](CO)[C@H](O)[C@H](OS(=O)(=O)[O-])[C@H]1O)NC(=O)[C@H](O)CCCCCCCCCCCCCCCC. The lowest BCUT2D eigenvalue weighted by molar-refractivity contribution is -0.298. The minimum absolute atomic E-state index is 0.242. The third kappa shape index (κ3) is 26.0. The Morgan fingerprint density at radius 3 is 1.62 bits per heavy atom. The van der Waals surface area contributed by atoms with Crippen molar-refractivity contribution in [2.45, 2.75) is 236 Å². The highest BCUT2D eigenvalue weighted by Crippen LogP contribution is 2.26. The maximum atomic E-state index is 13.1. The van der Waals surface area contributed by atoms with E-state index in [2.05, 4.69) is 23.3 Å². The minimum atomic E-state index is -5.36. The molecule has 0 saturated carbocycles. The van der Waals surface area contributed by atoms with Crippen LogP contribution in [0.4, 0.5) is 0 Å². The second kappa shape index (κ2) is 33.6. The molecule has 13 nitrogen and oxygen atoms in total. The van der Waals surface area contributed by atoms with Crippen molar-refractivity contribution in [2.24, 2.45) is 0 Å². The van der Waals surface area contributed by atoms with Gasteiger partial charge in [-0.3, -0.25) is 8.98 Å². The Morgan fingerprint density at radius 2 is 1.18 bits per heavy atom. The average molecular weight is 823 g/mol. The van der Waals surface area contributed by atoms with Gasteiger partial charge in [0.05, 0.1) is 25.4 Å². The summed E-state index contributed by atoms with van der Waals surface area (Å²) in [6, 6.07) is -1.13. The van der Waals surface area contributed by atoms with E-state index >= 15 is 0 Å². The van der Waals surface area contributed by atoms with Crippen LogP contribution in [0.1, 0.15) is 187 Å². The molecule has 332 valence electrons. The van der Waals surface area contributed by atoms with Gasteiger partial charge in [0.2, 0.25) is 16.3 Å². The van der Waals surface area contributed by atoms with E-state index in [1.54, 1.807) is 0 Å². The Morgan fingerprint density at radius 1 is 0.732 bits per heavy atom. The Hall–Kier alpha value is -1.20. The summed E-state index contributed by atoms with van der Waals surface area (Å²) in [6.45, 7) is 3.16. The van der Waals surface area contributed by atoms with Gasteiger partial charge < -0.3 is 44.9 Å². The molecular formula is C42H80NO12S-. The quantitative estimate of drug-likeness (QED) is 0.0169. The van der Waals surface area contributed by atoms with Gasteiger partial charge in [0, 0.05) is 0 Å². The highest BCUT2D eigenvalue weighted by Gasteiger charge is 2.47. The third-order valence-corrected chi connectivity index (χ3v) is 11.1. The zero-order valence-electron chi connectivity index (χ0n) is 34.8. The van der Waals surface area contributed by atoms with E-state index in [4.69, 9.17) is 9.47 Å². The van der Waals surface area contributed by atoms with Gasteiger partial charge in [0.25, 0.3) is 0 Å². The highest BCUT2D eigenvalue weighted by atomic mass is 32.3. The second-order valence-corrected chi connectivity index (χ2v) is 16.8. The number of rotatable bonds is 37. The van der Waals surface area contributed by atoms with Crippen LogP contribution in [0.5, 0.6) is 0 Å². The number of carbonyl (C=O) groups excluding carboxylic acids is 1. The summed E-state index contributed by atoms with van der Waals surface area (Å²) in [5.41, 5.74) is 0. The summed E-state index contributed by atoms with van der Waals surface area (Å²) in [4.78, 5) is 13.1. The Bertz CT molecular complexity index is 1080. The number of allylic oxidation sites excluding steroid dienone is 1. The van der Waals surface area contributed by atoms with Crippen LogP contribution in [-0.4, -0.2) is 107 Å². The van der Waals surface area contributed by atoms with Crippen LogP contribution in [-0.2, 0) is 28.9 Å². The largest absolute Gasteiger partial charge is 0.726 e. The molecule has 8 atom stereocenters. The van der Waals surface area contributed by atoms with Crippen molar-refractivity contribution in [1.29, 1.82) is 0 Å². The zero-order chi connectivity index (χ0) is 41.4. The smallest absolute Gasteiger partial charge is 0.249 e. The maximum absolute atomic E-state index is 13.1. The van der Waals surface area contributed by atoms with E-state index in [1.807, 2.05) is 6.08 Å². The highest BCUT2D eigenvalue weighted by molar-refractivity contribution is 7.80. The van der Waals surface area contributed by atoms with Crippen LogP contribution in [0.25, 0.3) is 0 Å². The van der Waals surface area contributed by atoms with Crippen molar-refractivity contribution in [1.82, 2.24) is 5.32 Å². The number of aliphatic hydroxyl groups is 5. The van der Waals surface area contributed by atoms with E-state index in [-0.39, 0.29) is 6.42 Å². The molecule has 0 aromatic heterocycles. The van der Waals surface area contributed by atoms with Crippen molar-refractivity contribution < 1.29 is 57.0 Å². The molecule has 0 aromatic carbocycles. The summed E-state index contributed by atoms with van der Waals surface area (Å²) in [7, 11) is -5.36. The molecule has 1 saturated heterocycles. The fourth-order valence-corrected chi connectivity index (χ4v) is 7.60. The van der Waals surface area contributed by atoms with Gasteiger partial charge in [0.1, 0.15) is 30.5 Å². The molecule has 1 rings (SSSR count). The second-order valence-electron chi connectivity index (χ2n) is 15.8. The molecule has 1 fully saturated rings. The first-order chi connectivity index (χ1) is 26.9. The van der Waals surface area contributed by atoms with Gasteiger partial charge in [-0.1, -0.05) is 180 Å². The molecule has 0 spiro atoms. The Balaban J connectivity index is 2.62. The number of amides is 1. The summed E-state index contributed by atoms with van der Waals surface area (Å²) < 4.78 is 49.1. The standard InChI is InChI=1S/C42H81NO12S/c1-3-5-7-9-11-13-15-17-19-21-23-25-27-29-31-36(46)41(49)43-34(35(45)30-28-26-24-22-20-18-16-14-12-10-8-6-4-2)33-53-42-39(48)40(55-56(50,51)52)38(47)37(32-44)54-42/h28,30,34-40,42,44-48H,3-27,29,31-33H2,1-2H3,(H,43,49)(H,50,51,52)/p-1/b30-28+/t34-,35+,36+,37+,38-,39+,40-,42+/m0/s1. The van der Waals surface area contributed by atoms with E-state index in [1.165, 1.54) is 122 Å². The van der Waals surface area contributed by atoms with Crippen molar-refractivity contribution in [3.05, 3.63) is 12.2 Å². The lowest BCUT2D eigenvalue weighted by Gasteiger charge is -2.42. The number of hydrogen-bond acceptors (Lipinski definition) is 12. The van der Waals surface area contributed by atoms with Gasteiger partial charge in [-0.25, -0.2) is 8.42 Å². The number of ether oxygens (including phenoxy) is 2. The molecule has 1 aliphatic rings. The lowest BCUT2D eigenvalue weighted by Crippen LogP contribution is -2.61. The predicted molar refractivity (Wildman–Crippen MR) is 217 cm³/mol. The van der Waals surface area contributed by atoms with E-state index in [0.717, 1.165) is 38.5 Å². The van der Waals surface area contributed by atoms with E-state index in [9.17, 15) is 43.3 Å². The normalized spacial score (nSPS) is 22.0. The first kappa shape index (κ1) is 52.8. The summed E-state index contributed by atoms with van der Waals surface area (Å²) in [5, 5.41) is 55.0. The number of hydrogen-bond donors (Lipinski definition) is 6. The molecule has 1 aliphatic heterocycles. The summed E-state index contributed by atoms with van der Waals surface area (Å²) >= 11 is 0. The van der Waals surface area contributed by atoms with Crippen molar-refractivity contribution in [3.63, 3.8) is 0 Å². The first-order valence-electron chi connectivity index (χ1n) is 22.2. The van der Waals surface area contributed by atoms with E-state index in [0.29, 0.717) is 12.8 Å². The molecule has 0 aliphatic carbocycles. The Labute approximate surface area is 339 Å². The molecule has 0 unspecified atom stereocenters. The average Bonchev–Trinajstić information content (AvgIpc) is 3.16. The van der Waals surface area contributed by atoms with Gasteiger partial charge >= 0.3 is 0 Å². The molecule has 1 amide bonds. The van der Waals surface area contributed by atoms with Crippen LogP contribution in [0.2, 0.25) is 0 Å². The van der Waals surface area contributed by atoms with Gasteiger partial charge in [0.15, 0.2) is 6.29 Å². The maximum Gasteiger partial charge on any atom is 0.249 e. The van der Waals surface area contributed by atoms with Crippen LogP contribution in [0, 0.1) is 0 Å². The molecule has 14 heteroatoms. The van der Waals surface area contributed by atoms with E-state index < -0.39 is 78.5 Å². The summed E-state index contributed by atoms with van der Waals surface area (Å²) in [6.07, 6.45) is 22.6. The first-order valence-corrected chi connectivity index (χ1v) is 23.5. The predicted octanol–water partition coefficient (Wildman–Crippen LogP) is 6.62. The Kier molecular flexibility index (Phi) is 31.7.